The van der Waals surface area contributed by atoms with Crippen molar-refractivity contribution in [1.29, 1.82) is 0 Å². The third-order valence-corrected chi connectivity index (χ3v) is 5.72. The predicted octanol–water partition coefficient (Wildman–Crippen LogP) is 2.70. The first-order valence-electron chi connectivity index (χ1n) is 9.04. The highest BCUT2D eigenvalue weighted by Gasteiger charge is 2.21. The van der Waals surface area contributed by atoms with Crippen LogP contribution in [0.3, 0.4) is 0 Å². The fourth-order valence-electron chi connectivity index (χ4n) is 3.29. The Kier molecular flexibility index (Phi) is 5.98. The number of nitrogens with one attached hydrogen (secondary N) is 1. The van der Waals surface area contributed by atoms with Crippen LogP contribution in [0.25, 0.3) is 5.69 Å². The van der Waals surface area contributed by atoms with E-state index in [1.165, 1.54) is 17.3 Å². The largest absolute Gasteiger partial charge is 0.393 e. The first kappa shape index (κ1) is 18.9. The molecule has 1 amide bonds. The summed E-state index contributed by atoms with van der Waals surface area (Å²) in [5.74, 6) is 1.12. The number of benzene rings is 1. The van der Waals surface area contributed by atoms with Crippen molar-refractivity contribution in [2.45, 2.75) is 63.8 Å². The molecule has 1 aromatic heterocycles. The van der Waals surface area contributed by atoms with Crippen LogP contribution in [0.5, 0.6) is 0 Å². The lowest BCUT2D eigenvalue weighted by atomic mass is 9.93. The molecule has 26 heavy (non-hydrogen) atoms. The van der Waals surface area contributed by atoms with Crippen molar-refractivity contribution in [1.82, 2.24) is 20.1 Å². The van der Waals surface area contributed by atoms with E-state index in [9.17, 15) is 9.90 Å². The van der Waals surface area contributed by atoms with Crippen LogP contribution in [0.4, 0.5) is 0 Å². The van der Waals surface area contributed by atoms with E-state index in [1.54, 1.807) is 0 Å². The number of carbonyl (C=O) groups is 1. The Morgan fingerprint density at radius 1 is 1.23 bits per heavy atom. The fourth-order valence-corrected chi connectivity index (χ4v) is 4.10. The Bertz CT molecular complexity index is 782. The van der Waals surface area contributed by atoms with Gasteiger partial charge < -0.3 is 10.4 Å². The van der Waals surface area contributed by atoms with Crippen LogP contribution >= 0.6 is 11.8 Å². The van der Waals surface area contributed by atoms with Crippen molar-refractivity contribution in [3.8, 4) is 5.69 Å². The number of aryl methyl sites for hydroxylation is 3. The molecule has 1 saturated carbocycles. The summed E-state index contributed by atoms with van der Waals surface area (Å²) >= 11 is 1.40. The van der Waals surface area contributed by atoms with Crippen LogP contribution in [-0.4, -0.2) is 43.7 Å². The molecule has 7 heteroatoms. The number of carbonyl (C=O) groups excluding carboxylic acids is 1. The van der Waals surface area contributed by atoms with Crippen molar-refractivity contribution >= 4 is 17.7 Å². The van der Waals surface area contributed by atoms with Crippen molar-refractivity contribution in [3.05, 3.63) is 35.2 Å². The van der Waals surface area contributed by atoms with E-state index < -0.39 is 0 Å². The minimum Gasteiger partial charge on any atom is -0.393 e. The third kappa shape index (κ3) is 4.45. The second kappa shape index (κ2) is 8.22. The summed E-state index contributed by atoms with van der Waals surface area (Å²) in [5, 5.41) is 21.8. The molecular formula is C19H26N4O2S. The first-order valence-corrected chi connectivity index (χ1v) is 10.0. The fraction of sp³-hybridized carbons (Fsp3) is 0.526. The van der Waals surface area contributed by atoms with Gasteiger partial charge in [-0.25, -0.2) is 0 Å². The average Bonchev–Trinajstić information content (AvgIpc) is 2.98. The molecule has 6 nitrogen and oxygen atoms in total. The summed E-state index contributed by atoms with van der Waals surface area (Å²) < 4.78 is 2.01. The summed E-state index contributed by atoms with van der Waals surface area (Å²) in [4.78, 5) is 12.3. The molecular weight excluding hydrogens is 348 g/mol. The zero-order chi connectivity index (χ0) is 18.7. The molecule has 1 aliphatic carbocycles. The number of hydrogen-bond donors (Lipinski definition) is 2. The molecule has 0 aliphatic heterocycles. The maximum atomic E-state index is 12.3. The SMILES string of the molecule is Cc1ccc(C)c(-n2c(C)nnc2SCC(=O)NC2CCC(O)CC2)c1. The van der Waals surface area contributed by atoms with E-state index in [-0.39, 0.29) is 18.1 Å². The normalized spacial score (nSPS) is 20.2. The van der Waals surface area contributed by atoms with Gasteiger partial charge in [0.05, 0.1) is 17.5 Å². The zero-order valence-corrected chi connectivity index (χ0v) is 16.3. The lowest BCUT2D eigenvalue weighted by molar-refractivity contribution is -0.119. The van der Waals surface area contributed by atoms with Crippen molar-refractivity contribution in [3.63, 3.8) is 0 Å². The van der Waals surface area contributed by atoms with E-state index in [2.05, 4.69) is 47.6 Å². The lowest BCUT2D eigenvalue weighted by Crippen LogP contribution is -2.39. The van der Waals surface area contributed by atoms with Gasteiger partial charge >= 0.3 is 0 Å². The number of aliphatic hydroxyl groups excluding tert-OH is 1. The van der Waals surface area contributed by atoms with Gasteiger partial charge in [0.15, 0.2) is 5.16 Å². The molecule has 1 heterocycles. The monoisotopic (exact) mass is 374 g/mol. The Morgan fingerprint density at radius 3 is 2.69 bits per heavy atom. The minimum absolute atomic E-state index is 0.00422. The molecule has 1 aliphatic rings. The summed E-state index contributed by atoms with van der Waals surface area (Å²) in [6, 6.07) is 6.45. The van der Waals surface area contributed by atoms with Crippen LogP contribution in [-0.2, 0) is 4.79 Å². The molecule has 0 spiro atoms. The van der Waals surface area contributed by atoms with Crippen LogP contribution in [0.2, 0.25) is 0 Å². The van der Waals surface area contributed by atoms with Gasteiger partial charge in [-0.2, -0.15) is 0 Å². The first-order chi connectivity index (χ1) is 12.4. The Balaban J connectivity index is 1.66. The minimum atomic E-state index is -0.211. The second-order valence-electron chi connectivity index (χ2n) is 7.02. The third-order valence-electron chi connectivity index (χ3n) is 4.79. The smallest absolute Gasteiger partial charge is 0.230 e. The standard InChI is InChI=1S/C19H26N4O2S/c1-12-4-5-13(2)17(10-12)23-14(3)21-22-19(23)26-11-18(25)20-15-6-8-16(24)9-7-15/h4-5,10,15-16,24H,6-9,11H2,1-3H3,(H,20,25). The highest BCUT2D eigenvalue weighted by Crippen LogP contribution is 2.25. The van der Waals surface area contributed by atoms with Gasteiger partial charge in [-0.1, -0.05) is 23.9 Å². The molecule has 0 unspecified atom stereocenters. The average molecular weight is 375 g/mol. The molecule has 0 saturated heterocycles. The van der Waals surface area contributed by atoms with E-state index in [1.807, 2.05) is 11.5 Å². The molecule has 140 valence electrons. The van der Waals surface area contributed by atoms with Gasteiger partial charge in [0.25, 0.3) is 0 Å². The summed E-state index contributed by atoms with van der Waals surface area (Å²) in [6.45, 7) is 6.04. The number of rotatable bonds is 5. The van der Waals surface area contributed by atoms with Gasteiger partial charge in [-0.05, 0) is 63.6 Å². The summed E-state index contributed by atoms with van der Waals surface area (Å²) in [5.41, 5.74) is 3.37. The molecule has 0 radical (unpaired) electrons. The van der Waals surface area contributed by atoms with Gasteiger partial charge in [-0.15, -0.1) is 10.2 Å². The van der Waals surface area contributed by atoms with Crippen molar-refractivity contribution < 1.29 is 9.90 Å². The topological polar surface area (TPSA) is 80.0 Å². The number of aromatic nitrogens is 3. The van der Waals surface area contributed by atoms with Crippen LogP contribution in [0.15, 0.2) is 23.4 Å². The number of hydrogen-bond acceptors (Lipinski definition) is 5. The van der Waals surface area contributed by atoms with Gasteiger partial charge in [0.2, 0.25) is 5.91 Å². The van der Waals surface area contributed by atoms with Crippen molar-refractivity contribution in [2.24, 2.45) is 0 Å². The van der Waals surface area contributed by atoms with Gasteiger partial charge in [-0.3, -0.25) is 9.36 Å². The molecule has 1 fully saturated rings. The van der Waals surface area contributed by atoms with E-state index in [0.717, 1.165) is 47.9 Å². The molecule has 1 aromatic carbocycles. The maximum Gasteiger partial charge on any atom is 0.230 e. The predicted molar refractivity (Wildman–Crippen MR) is 103 cm³/mol. The molecule has 2 N–H and O–H groups in total. The van der Waals surface area contributed by atoms with E-state index in [4.69, 9.17) is 0 Å². The molecule has 0 atom stereocenters. The Morgan fingerprint density at radius 2 is 1.96 bits per heavy atom. The highest BCUT2D eigenvalue weighted by molar-refractivity contribution is 7.99. The number of nitrogens with zero attached hydrogens (tertiary/aromatic N) is 3. The van der Waals surface area contributed by atoms with E-state index in [0.29, 0.717) is 5.75 Å². The molecule has 0 bridgehead atoms. The summed E-state index contributed by atoms with van der Waals surface area (Å²) in [7, 11) is 0. The van der Waals surface area contributed by atoms with Crippen LogP contribution in [0, 0.1) is 20.8 Å². The van der Waals surface area contributed by atoms with E-state index >= 15 is 0 Å². The number of thioether (sulfide) groups is 1. The van der Waals surface area contributed by atoms with Gasteiger partial charge in [0, 0.05) is 6.04 Å². The Hall–Kier alpha value is -1.86. The van der Waals surface area contributed by atoms with Crippen LogP contribution in [0.1, 0.15) is 42.6 Å². The maximum absolute atomic E-state index is 12.3. The molecule has 3 rings (SSSR count). The number of amides is 1. The second-order valence-corrected chi connectivity index (χ2v) is 7.96. The molecule has 2 aromatic rings. The quantitative estimate of drug-likeness (QED) is 0.787. The Labute approximate surface area is 158 Å². The summed E-state index contributed by atoms with van der Waals surface area (Å²) in [6.07, 6.45) is 3.00. The number of aliphatic hydroxyl groups is 1. The van der Waals surface area contributed by atoms with Crippen LogP contribution < -0.4 is 5.32 Å². The zero-order valence-electron chi connectivity index (χ0n) is 15.5. The highest BCUT2D eigenvalue weighted by atomic mass is 32.2. The van der Waals surface area contributed by atoms with Crippen molar-refractivity contribution in [2.75, 3.05) is 5.75 Å². The van der Waals surface area contributed by atoms with Gasteiger partial charge in [0.1, 0.15) is 5.82 Å². The lowest BCUT2D eigenvalue weighted by Gasteiger charge is -2.26.